The molecule has 1 aromatic carbocycles. The Bertz CT molecular complexity index is 390. The van der Waals surface area contributed by atoms with Gasteiger partial charge in [-0.05, 0) is 29.3 Å². The van der Waals surface area contributed by atoms with Crippen LogP contribution in [0, 0.1) is 11.3 Å². The molecule has 0 bridgehead atoms. The normalized spacial score (nSPS) is 9.85. The third-order valence-corrected chi connectivity index (χ3v) is 1.71. The van der Waals surface area contributed by atoms with Crippen LogP contribution >= 0.6 is 11.6 Å². The topological polar surface area (TPSA) is 40.9 Å². The van der Waals surface area contributed by atoms with E-state index in [1.807, 2.05) is 6.07 Å². The van der Waals surface area contributed by atoms with Gasteiger partial charge in [0.2, 0.25) is 0 Å². The number of carbonyl (C=O) groups excluding carboxylic acids is 1. The standard InChI is InChI=1S/C10H6ClNO/c11-10(13)9-6-2-1-4-8(9)5-3-7-12/h1-6H/b5-3-. The molecule has 3 heteroatoms. The van der Waals surface area contributed by atoms with Crippen molar-refractivity contribution in [3.05, 3.63) is 41.5 Å². The summed E-state index contributed by atoms with van der Waals surface area (Å²) < 4.78 is 0. The van der Waals surface area contributed by atoms with Crippen LogP contribution < -0.4 is 0 Å². The van der Waals surface area contributed by atoms with E-state index in [1.54, 1.807) is 30.3 Å². The largest absolute Gasteiger partial charge is 0.276 e. The molecule has 0 spiro atoms. The van der Waals surface area contributed by atoms with E-state index in [0.29, 0.717) is 11.1 Å². The minimum atomic E-state index is -0.516. The summed E-state index contributed by atoms with van der Waals surface area (Å²) in [6, 6.07) is 8.69. The summed E-state index contributed by atoms with van der Waals surface area (Å²) in [6.07, 6.45) is 2.86. The fourth-order valence-electron chi connectivity index (χ4n) is 0.948. The second kappa shape index (κ2) is 4.44. The van der Waals surface area contributed by atoms with E-state index >= 15 is 0 Å². The quantitative estimate of drug-likeness (QED) is 0.533. The Balaban J connectivity index is 3.14. The molecule has 64 valence electrons. The van der Waals surface area contributed by atoms with E-state index in [1.165, 1.54) is 6.08 Å². The van der Waals surface area contributed by atoms with Crippen LogP contribution in [0.15, 0.2) is 30.3 Å². The molecule has 0 aliphatic heterocycles. The summed E-state index contributed by atoms with van der Waals surface area (Å²) in [4.78, 5) is 10.9. The summed E-state index contributed by atoms with van der Waals surface area (Å²) in [6.45, 7) is 0. The van der Waals surface area contributed by atoms with E-state index in [9.17, 15) is 4.79 Å². The SMILES string of the molecule is N#C/C=C\c1ccccc1C(=O)Cl. The molecule has 0 aliphatic carbocycles. The number of halogens is 1. The van der Waals surface area contributed by atoms with Crippen molar-refractivity contribution < 1.29 is 4.79 Å². The van der Waals surface area contributed by atoms with Gasteiger partial charge in [0.15, 0.2) is 0 Å². The lowest BCUT2D eigenvalue weighted by Gasteiger charge is -1.97. The molecule has 0 amide bonds. The Hall–Kier alpha value is -1.59. The third-order valence-electron chi connectivity index (χ3n) is 1.51. The van der Waals surface area contributed by atoms with Crippen LogP contribution in [0.25, 0.3) is 6.08 Å². The van der Waals surface area contributed by atoms with Gasteiger partial charge in [0.1, 0.15) is 0 Å². The number of rotatable bonds is 2. The molecule has 0 unspecified atom stereocenters. The average Bonchev–Trinajstić information content (AvgIpc) is 2.15. The molecule has 0 atom stereocenters. The molecule has 0 fully saturated rings. The van der Waals surface area contributed by atoms with Crippen LogP contribution in [0.4, 0.5) is 0 Å². The average molecular weight is 192 g/mol. The molecule has 2 nitrogen and oxygen atoms in total. The smallest absolute Gasteiger partial charge is 0.252 e. The van der Waals surface area contributed by atoms with Gasteiger partial charge in [0.05, 0.1) is 6.07 Å². The Kier molecular flexibility index (Phi) is 3.24. The van der Waals surface area contributed by atoms with Crippen LogP contribution in [0.3, 0.4) is 0 Å². The number of nitrogens with zero attached hydrogens (tertiary/aromatic N) is 1. The predicted octanol–water partition coefficient (Wildman–Crippen LogP) is 2.60. The second-order valence-corrected chi connectivity index (χ2v) is 2.67. The van der Waals surface area contributed by atoms with Crippen molar-refractivity contribution in [2.45, 2.75) is 0 Å². The Morgan fingerprint density at radius 3 is 2.77 bits per heavy atom. The van der Waals surface area contributed by atoms with Crippen LogP contribution in [0.2, 0.25) is 0 Å². The van der Waals surface area contributed by atoms with Crippen molar-refractivity contribution in [3.8, 4) is 6.07 Å². The van der Waals surface area contributed by atoms with Crippen molar-refractivity contribution in [2.75, 3.05) is 0 Å². The van der Waals surface area contributed by atoms with Crippen molar-refractivity contribution in [1.82, 2.24) is 0 Å². The van der Waals surface area contributed by atoms with Crippen molar-refractivity contribution >= 4 is 22.9 Å². The second-order valence-electron chi connectivity index (χ2n) is 2.32. The van der Waals surface area contributed by atoms with Gasteiger partial charge in [-0.1, -0.05) is 18.2 Å². The molecule has 0 radical (unpaired) electrons. The molecular formula is C10H6ClNO. The van der Waals surface area contributed by atoms with Gasteiger partial charge in [-0.25, -0.2) is 0 Å². The van der Waals surface area contributed by atoms with Gasteiger partial charge >= 0.3 is 0 Å². The predicted molar refractivity (Wildman–Crippen MR) is 51.3 cm³/mol. The van der Waals surface area contributed by atoms with Gasteiger partial charge in [0.25, 0.3) is 5.24 Å². The highest BCUT2D eigenvalue weighted by atomic mass is 35.5. The fourth-order valence-corrected chi connectivity index (χ4v) is 1.12. The lowest BCUT2D eigenvalue weighted by Crippen LogP contribution is -1.91. The highest BCUT2D eigenvalue weighted by molar-refractivity contribution is 6.68. The van der Waals surface area contributed by atoms with E-state index in [4.69, 9.17) is 16.9 Å². The Morgan fingerprint density at radius 2 is 2.15 bits per heavy atom. The summed E-state index contributed by atoms with van der Waals surface area (Å²) in [7, 11) is 0. The first-order valence-electron chi connectivity index (χ1n) is 3.60. The third kappa shape index (κ3) is 2.43. The molecule has 13 heavy (non-hydrogen) atoms. The first kappa shape index (κ1) is 9.50. The van der Waals surface area contributed by atoms with E-state index in [-0.39, 0.29) is 0 Å². The fraction of sp³-hybridized carbons (Fsp3) is 0. The van der Waals surface area contributed by atoms with Crippen molar-refractivity contribution in [3.63, 3.8) is 0 Å². The molecule has 0 heterocycles. The lowest BCUT2D eigenvalue weighted by molar-refractivity contribution is 0.108. The molecule has 0 N–H and O–H groups in total. The lowest BCUT2D eigenvalue weighted by atomic mass is 10.1. The van der Waals surface area contributed by atoms with E-state index in [2.05, 4.69) is 0 Å². The molecule has 0 saturated heterocycles. The minimum absolute atomic E-state index is 0.413. The first-order chi connectivity index (χ1) is 6.25. The molecule has 0 saturated carbocycles. The number of hydrogen-bond donors (Lipinski definition) is 0. The maximum atomic E-state index is 10.9. The summed E-state index contributed by atoms with van der Waals surface area (Å²) in [5, 5.41) is 7.79. The molecular weight excluding hydrogens is 186 g/mol. The van der Waals surface area contributed by atoms with Gasteiger partial charge in [-0.3, -0.25) is 4.79 Å². The van der Waals surface area contributed by atoms with E-state index < -0.39 is 5.24 Å². The number of allylic oxidation sites excluding steroid dienone is 1. The van der Waals surface area contributed by atoms with Gasteiger partial charge in [-0.15, -0.1) is 0 Å². The van der Waals surface area contributed by atoms with Crippen molar-refractivity contribution in [1.29, 1.82) is 5.26 Å². The maximum Gasteiger partial charge on any atom is 0.252 e. The molecule has 0 aromatic heterocycles. The summed E-state index contributed by atoms with van der Waals surface area (Å²) in [5.41, 5.74) is 1.07. The van der Waals surface area contributed by atoms with E-state index in [0.717, 1.165) is 0 Å². The maximum absolute atomic E-state index is 10.9. The van der Waals surface area contributed by atoms with Gasteiger partial charge in [-0.2, -0.15) is 5.26 Å². The zero-order valence-electron chi connectivity index (χ0n) is 6.70. The Morgan fingerprint density at radius 1 is 1.46 bits per heavy atom. The first-order valence-corrected chi connectivity index (χ1v) is 3.98. The van der Waals surface area contributed by atoms with Crippen LogP contribution in [0.5, 0.6) is 0 Å². The van der Waals surface area contributed by atoms with Crippen molar-refractivity contribution in [2.24, 2.45) is 0 Å². The number of nitriles is 1. The zero-order chi connectivity index (χ0) is 9.68. The van der Waals surface area contributed by atoms with Gasteiger partial charge < -0.3 is 0 Å². The Labute approximate surface area is 81.1 Å². The van der Waals surface area contributed by atoms with Gasteiger partial charge in [0, 0.05) is 11.6 Å². The number of benzene rings is 1. The number of hydrogen-bond acceptors (Lipinski definition) is 2. The van der Waals surface area contributed by atoms with Crippen LogP contribution in [0.1, 0.15) is 15.9 Å². The minimum Gasteiger partial charge on any atom is -0.276 e. The van der Waals surface area contributed by atoms with Crippen LogP contribution in [-0.2, 0) is 0 Å². The van der Waals surface area contributed by atoms with Crippen LogP contribution in [-0.4, -0.2) is 5.24 Å². The molecule has 0 aliphatic rings. The summed E-state index contributed by atoms with van der Waals surface area (Å²) >= 11 is 5.33. The zero-order valence-corrected chi connectivity index (χ0v) is 7.45. The molecule has 1 rings (SSSR count). The number of carbonyl (C=O) groups is 1. The summed E-state index contributed by atoms with van der Waals surface area (Å²) in [5.74, 6) is 0. The monoisotopic (exact) mass is 191 g/mol. The highest BCUT2D eigenvalue weighted by Gasteiger charge is 2.04. The molecule has 1 aromatic rings. The highest BCUT2D eigenvalue weighted by Crippen LogP contribution is 2.12.